The van der Waals surface area contributed by atoms with Crippen LogP contribution < -0.4 is 5.32 Å². The van der Waals surface area contributed by atoms with Crippen molar-refractivity contribution in [1.82, 2.24) is 29.4 Å². The third-order valence-electron chi connectivity index (χ3n) is 4.74. The van der Waals surface area contributed by atoms with Crippen LogP contribution in [0.4, 0.5) is 5.82 Å². The van der Waals surface area contributed by atoms with Gasteiger partial charge in [-0.15, -0.1) is 0 Å². The molecule has 2 aromatic carbocycles. The molecule has 0 spiro atoms. The Bertz CT molecular complexity index is 1270. The fraction of sp³-hybridized carbons (Fsp3) is 0.0909. The molecule has 1 N–H and O–H groups in total. The van der Waals surface area contributed by atoms with E-state index in [1.807, 2.05) is 72.4 Å². The standard InChI is InChI=1S/C22H19N7/c1-16-11-12-28(27-16)20-10-6-5-9-18(20)14-23-21-13-19(17-7-3-2-4-8-17)26-22-24-15-25-29(21)22/h2-13,15,23H,14H2,1H3. The Morgan fingerprint density at radius 1 is 0.966 bits per heavy atom. The van der Waals surface area contributed by atoms with Crippen molar-refractivity contribution in [3.05, 3.63) is 90.5 Å². The molecule has 0 saturated carbocycles. The number of aromatic nitrogens is 6. The Labute approximate surface area is 167 Å². The minimum Gasteiger partial charge on any atom is -0.366 e. The van der Waals surface area contributed by atoms with E-state index in [9.17, 15) is 0 Å². The fourth-order valence-corrected chi connectivity index (χ4v) is 3.31. The molecule has 3 heterocycles. The van der Waals surface area contributed by atoms with E-state index in [4.69, 9.17) is 0 Å². The van der Waals surface area contributed by atoms with Crippen LogP contribution in [-0.4, -0.2) is 29.4 Å². The zero-order valence-electron chi connectivity index (χ0n) is 15.9. The van der Waals surface area contributed by atoms with Gasteiger partial charge >= 0.3 is 0 Å². The SMILES string of the molecule is Cc1ccn(-c2ccccc2CNc2cc(-c3ccccc3)nc3ncnn23)n1. The highest BCUT2D eigenvalue weighted by Crippen LogP contribution is 2.22. The van der Waals surface area contributed by atoms with E-state index in [2.05, 4.69) is 37.6 Å². The smallest absolute Gasteiger partial charge is 0.254 e. The van der Waals surface area contributed by atoms with Gasteiger partial charge in [0, 0.05) is 24.4 Å². The molecule has 0 unspecified atom stereocenters. The quantitative estimate of drug-likeness (QED) is 0.500. The Kier molecular flexibility index (Phi) is 4.25. The van der Waals surface area contributed by atoms with E-state index in [1.165, 1.54) is 6.33 Å². The van der Waals surface area contributed by atoms with Crippen LogP contribution in [0.2, 0.25) is 0 Å². The van der Waals surface area contributed by atoms with Gasteiger partial charge in [0.15, 0.2) is 0 Å². The second kappa shape index (κ2) is 7.20. The van der Waals surface area contributed by atoms with Gasteiger partial charge in [-0.05, 0) is 24.6 Å². The molecule has 0 amide bonds. The van der Waals surface area contributed by atoms with E-state index in [-0.39, 0.29) is 0 Å². The maximum absolute atomic E-state index is 4.62. The number of benzene rings is 2. The summed E-state index contributed by atoms with van der Waals surface area (Å²) in [5.41, 5.74) is 5.04. The monoisotopic (exact) mass is 381 g/mol. The van der Waals surface area contributed by atoms with Crippen LogP contribution in [0.1, 0.15) is 11.3 Å². The van der Waals surface area contributed by atoms with E-state index < -0.39 is 0 Å². The number of fused-ring (bicyclic) bond motifs is 1. The van der Waals surface area contributed by atoms with Crippen molar-refractivity contribution in [2.45, 2.75) is 13.5 Å². The normalized spacial score (nSPS) is 11.1. The van der Waals surface area contributed by atoms with Crippen LogP contribution in [-0.2, 0) is 6.54 Å². The number of hydrogen-bond donors (Lipinski definition) is 1. The number of hydrogen-bond acceptors (Lipinski definition) is 5. The van der Waals surface area contributed by atoms with E-state index in [0.717, 1.165) is 34.0 Å². The third kappa shape index (κ3) is 3.34. The van der Waals surface area contributed by atoms with Crippen molar-refractivity contribution >= 4 is 11.6 Å². The van der Waals surface area contributed by atoms with Crippen molar-refractivity contribution in [2.75, 3.05) is 5.32 Å². The highest BCUT2D eigenvalue weighted by molar-refractivity contribution is 5.65. The Morgan fingerprint density at radius 2 is 1.79 bits per heavy atom. The maximum atomic E-state index is 4.62. The van der Waals surface area contributed by atoms with Crippen LogP contribution in [0.15, 0.2) is 79.3 Å². The van der Waals surface area contributed by atoms with Gasteiger partial charge in [-0.3, -0.25) is 0 Å². The number of aryl methyl sites for hydroxylation is 1. The molecule has 29 heavy (non-hydrogen) atoms. The lowest BCUT2D eigenvalue weighted by Gasteiger charge is -2.13. The minimum absolute atomic E-state index is 0.560. The molecule has 5 rings (SSSR count). The van der Waals surface area contributed by atoms with Crippen LogP contribution in [0.3, 0.4) is 0 Å². The molecule has 0 fully saturated rings. The lowest BCUT2D eigenvalue weighted by Crippen LogP contribution is -2.09. The third-order valence-corrected chi connectivity index (χ3v) is 4.74. The minimum atomic E-state index is 0.560. The molecule has 5 aromatic rings. The molecule has 0 bridgehead atoms. The Balaban J connectivity index is 1.50. The lowest BCUT2D eigenvalue weighted by molar-refractivity contribution is 0.845. The fourth-order valence-electron chi connectivity index (χ4n) is 3.31. The van der Waals surface area contributed by atoms with Crippen molar-refractivity contribution in [1.29, 1.82) is 0 Å². The Hall–Kier alpha value is -4.00. The summed E-state index contributed by atoms with van der Waals surface area (Å²) >= 11 is 0. The summed E-state index contributed by atoms with van der Waals surface area (Å²) in [7, 11) is 0. The topological polar surface area (TPSA) is 72.9 Å². The summed E-state index contributed by atoms with van der Waals surface area (Å²) in [5, 5.41) is 12.4. The van der Waals surface area contributed by atoms with Crippen LogP contribution in [0.25, 0.3) is 22.7 Å². The largest absolute Gasteiger partial charge is 0.366 e. The molecule has 7 nitrogen and oxygen atoms in total. The highest BCUT2D eigenvalue weighted by Gasteiger charge is 2.11. The van der Waals surface area contributed by atoms with Crippen molar-refractivity contribution in [3.8, 4) is 16.9 Å². The highest BCUT2D eigenvalue weighted by atomic mass is 15.4. The van der Waals surface area contributed by atoms with Crippen molar-refractivity contribution in [2.24, 2.45) is 0 Å². The summed E-state index contributed by atoms with van der Waals surface area (Å²) in [6.07, 6.45) is 3.49. The second-order valence-corrected chi connectivity index (χ2v) is 6.75. The number of nitrogens with zero attached hydrogens (tertiary/aromatic N) is 6. The second-order valence-electron chi connectivity index (χ2n) is 6.75. The average Bonchev–Trinajstić information content (AvgIpc) is 3.41. The first-order valence-electron chi connectivity index (χ1n) is 9.38. The molecule has 0 atom stereocenters. The molecule has 0 aliphatic heterocycles. The van der Waals surface area contributed by atoms with Gasteiger partial charge in [-0.2, -0.15) is 19.7 Å². The summed E-state index contributed by atoms with van der Waals surface area (Å²) in [6.45, 7) is 2.60. The predicted molar refractivity (Wildman–Crippen MR) is 112 cm³/mol. The summed E-state index contributed by atoms with van der Waals surface area (Å²) < 4.78 is 3.62. The number of anilines is 1. The first-order chi connectivity index (χ1) is 14.3. The van der Waals surface area contributed by atoms with Gasteiger partial charge in [0.25, 0.3) is 5.78 Å². The van der Waals surface area contributed by atoms with Gasteiger partial charge in [0.1, 0.15) is 12.1 Å². The van der Waals surface area contributed by atoms with Gasteiger partial charge < -0.3 is 5.32 Å². The molecule has 0 radical (unpaired) electrons. The molecule has 142 valence electrons. The first-order valence-corrected chi connectivity index (χ1v) is 9.38. The van der Waals surface area contributed by atoms with Crippen molar-refractivity contribution in [3.63, 3.8) is 0 Å². The average molecular weight is 381 g/mol. The van der Waals surface area contributed by atoms with Gasteiger partial charge in [-0.25, -0.2) is 9.67 Å². The number of rotatable bonds is 5. The summed E-state index contributed by atoms with van der Waals surface area (Å²) in [4.78, 5) is 8.90. The van der Waals surface area contributed by atoms with E-state index in [0.29, 0.717) is 12.3 Å². The molecule has 0 saturated heterocycles. The molecular formula is C22H19N7. The molecule has 0 aliphatic carbocycles. The van der Waals surface area contributed by atoms with Crippen LogP contribution >= 0.6 is 0 Å². The van der Waals surface area contributed by atoms with E-state index in [1.54, 1.807) is 4.52 Å². The maximum Gasteiger partial charge on any atom is 0.254 e. The van der Waals surface area contributed by atoms with Gasteiger partial charge in [0.05, 0.1) is 17.1 Å². The van der Waals surface area contributed by atoms with Gasteiger partial charge in [-0.1, -0.05) is 48.5 Å². The molecule has 3 aromatic heterocycles. The first kappa shape index (κ1) is 17.1. The summed E-state index contributed by atoms with van der Waals surface area (Å²) in [5.74, 6) is 1.39. The zero-order chi connectivity index (χ0) is 19.6. The lowest BCUT2D eigenvalue weighted by atomic mass is 10.1. The van der Waals surface area contributed by atoms with E-state index >= 15 is 0 Å². The number of nitrogens with one attached hydrogen (secondary N) is 1. The Morgan fingerprint density at radius 3 is 2.62 bits per heavy atom. The van der Waals surface area contributed by atoms with Crippen LogP contribution in [0.5, 0.6) is 0 Å². The van der Waals surface area contributed by atoms with Crippen molar-refractivity contribution < 1.29 is 0 Å². The molecule has 7 heteroatoms. The predicted octanol–water partition coefficient (Wildman–Crippen LogP) is 3.90. The molecule has 0 aliphatic rings. The molecular weight excluding hydrogens is 362 g/mol. The van der Waals surface area contributed by atoms with Crippen LogP contribution in [0, 0.1) is 6.92 Å². The number of para-hydroxylation sites is 1. The van der Waals surface area contributed by atoms with Gasteiger partial charge in [0.2, 0.25) is 0 Å². The summed E-state index contributed by atoms with van der Waals surface area (Å²) in [6, 6.07) is 22.3. The zero-order valence-corrected chi connectivity index (χ0v) is 15.9.